The van der Waals surface area contributed by atoms with Crippen LogP contribution in [0.2, 0.25) is 0 Å². The van der Waals surface area contributed by atoms with E-state index in [4.69, 9.17) is 0 Å². The Hall–Kier alpha value is -2.74. The van der Waals surface area contributed by atoms with Gasteiger partial charge in [-0.1, -0.05) is 31.2 Å². The molecule has 0 aliphatic carbocycles. The van der Waals surface area contributed by atoms with Crippen LogP contribution in [0.3, 0.4) is 0 Å². The first-order chi connectivity index (χ1) is 10.8. The maximum atomic E-state index is 12.4. The van der Waals surface area contributed by atoms with Crippen molar-refractivity contribution in [3.8, 4) is 0 Å². The number of para-hydroxylation sites is 1. The number of anilines is 1. The molecule has 0 saturated heterocycles. The van der Waals surface area contributed by atoms with Crippen LogP contribution in [0, 0.1) is 10.1 Å². The summed E-state index contributed by atoms with van der Waals surface area (Å²) < 4.78 is 27.0. The Morgan fingerprint density at radius 2 is 1.87 bits per heavy atom. The molecule has 2 rings (SSSR count). The van der Waals surface area contributed by atoms with Gasteiger partial charge in [0.1, 0.15) is 0 Å². The molecule has 23 heavy (non-hydrogen) atoms. The average Bonchev–Trinajstić information content (AvgIpc) is 2.54. The van der Waals surface area contributed by atoms with Crippen LogP contribution in [0.25, 0.3) is 0 Å². The topological polar surface area (TPSA) is 106 Å². The van der Waals surface area contributed by atoms with Gasteiger partial charge in [-0.15, -0.1) is 0 Å². The summed E-state index contributed by atoms with van der Waals surface area (Å²) in [4.78, 5) is 21.5. The maximum absolute atomic E-state index is 12.4. The van der Waals surface area contributed by atoms with E-state index < -0.39 is 25.5 Å². The van der Waals surface area contributed by atoms with Gasteiger partial charge in [-0.2, -0.15) is 0 Å². The lowest BCUT2D eigenvalue weighted by atomic mass is 10.1. The Kier molecular flexibility index (Phi) is 4.75. The number of carbonyl (C=O) groups excluding carboxylic acids is 1. The van der Waals surface area contributed by atoms with Crippen LogP contribution in [-0.2, 0) is 10.0 Å². The molecular weight excluding hydrogens is 320 g/mol. The quantitative estimate of drug-likeness (QED) is 0.496. The summed E-state index contributed by atoms with van der Waals surface area (Å²) in [7, 11) is -4.14. The van der Waals surface area contributed by atoms with E-state index >= 15 is 0 Å². The number of nitro benzene ring substituents is 1. The van der Waals surface area contributed by atoms with Gasteiger partial charge in [0.25, 0.3) is 15.7 Å². The molecule has 0 saturated carbocycles. The van der Waals surface area contributed by atoms with Crippen LogP contribution < -0.4 is 4.72 Å². The summed E-state index contributed by atoms with van der Waals surface area (Å²) >= 11 is 0. The van der Waals surface area contributed by atoms with Crippen molar-refractivity contribution in [2.75, 3.05) is 4.72 Å². The van der Waals surface area contributed by atoms with Gasteiger partial charge in [-0.05, 0) is 18.2 Å². The van der Waals surface area contributed by atoms with Crippen molar-refractivity contribution in [1.29, 1.82) is 0 Å². The Morgan fingerprint density at radius 1 is 1.17 bits per heavy atom. The molecule has 7 nitrogen and oxygen atoms in total. The zero-order valence-corrected chi connectivity index (χ0v) is 13.0. The number of Topliss-reactive ketones (excluding diaryl/α,β-unsaturated/α-hetero) is 1. The zero-order chi connectivity index (χ0) is 17.0. The molecule has 1 N–H and O–H groups in total. The van der Waals surface area contributed by atoms with Crippen molar-refractivity contribution in [2.24, 2.45) is 0 Å². The van der Waals surface area contributed by atoms with Crippen LogP contribution >= 0.6 is 0 Å². The number of nitrogens with one attached hydrogen (secondary N) is 1. The van der Waals surface area contributed by atoms with Crippen molar-refractivity contribution in [3.63, 3.8) is 0 Å². The Morgan fingerprint density at radius 3 is 2.52 bits per heavy atom. The summed E-state index contributed by atoms with van der Waals surface area (Å²) in [6.07, 6.45) is 0.292. The fraction of sp³-hybridized carbons (Fsp3) is 0.133. The molecule has 0 fully saturated rings. The van der Waals surface area contributed by atoms with E-state index in [9.17, 15) is 23.3 Å². The lowest BCUT2D eigenvalue weighted by Gasteiger charge is -2.09. The Bertz CT molecular complexity index is 862. The zero-order valence-electron chi connectivity index (χ0n) is 12.2. The monoisotopic (exact) mass is 334 g/mol. The van der Waals surface area contributed by atoms with E-state index in [0.29, 0.717) is 12.0 Å². The summed E-state index contributed by atoms with van der Waals surface area (Å²) in [6, 6.07) is 11.1. The summed E-state index contributed by atoms with van der Waals surface area (Å²) in [5.41, 5.74) is 0.0264. The van der Waals surface area contributed by atoms with Crippen LogP contribution in [0.1, 0.15) is 23.7 Å². The minimum Gasteiger partial charge on any atom is -0.294 e. The molecule has 0 bridgehead atoms. The fourth-order valence-electron chi connectivity index (χ4n) is 2.01. The Balaban J connectivity index is 2.40. The van der Waals surface area contributed by atoms with Gasteiger partial charge in [-0.3, -0.25) is 19.6 Å². The maximum Gasteiger partial charge on any atom is 0.289 e. The minimum atomic E-state index is -4.14. The van der Waals surface area contributed by atoms with Gasteiger partial charge in [0.15, 0.2) is 10.7 Å². The number of rotatable bonds is 6. The molecule has 0 aliphatic heterocycles. The van der Waals surface area contributed by atoms with Crippen molar-refractivity contribution in [1.82, 2.24) is 0 Å². The first-order valence-corrected chi connectivity index (χ1v) is 8.23. The number of nitrogens with zero attached hydrogens (tertiary/aromatic N) is 1. The fourth-order valence-corrected chi connectivity index (χ4v) is 3.23. The minimum absolute atomic E-state index is 0.128. The molecule has 0 aromatic heterocycles. The number of hydrogen-bond acceptors (Lipinski definition) is 5. The van der Waals surface area contributed by atoms with Gasteiger partial charge in [0.2, 0.25) is 0 Å². The standard InChI is InChI=1S/C15H14N2O5S/c1-2-14(18)11-6-5-7-12(10-11)16-23(21,22)15-9-4-3-8-13(15)17(19)20/h3-10,16H,2H2,1H3. The highest BCUT2D eigenvalue weighted by atomic mass is 32.2. The van der Waals surface area contributed by atoms with E-state index in [1.165, 1.54) is 24.3 Å². The van der Waals surface area contributed by atoms with E-state index in [2.05, 4.69) is 4.72 Å². The second kappa shape index (κ2) is 6.57. The number of hydrogen-bond donors (Lipinski definition) is 1. The number of ketones is 1. The van der Waals surface area contributed by atoms with E-state index in [0.717, 1.165) is 12.1 Å². The lowest BCUT2D eigenvalue weighted by molar-refractivity contribution is -0.387. The van der Waals surface area contributed by atoms with Crippen molar-refractivity contribution >= 4 is 27.2 Å². The molecule has 0 heterocycles. The molecule has 0 amide bonds. The van der Waals surface area contributed by atoms with Gasteiger partial charge in [0.05, 0.1) is 4.92 Å². The van der Waals surface area contributed by atoms with Crippen LogP contribution in [0.4, 0.5) is 11.4 Å². The number of nitro groups is 1. The summed E-state index contributed by atoms with van der Waals surface area (Å²) in [5.74, 6) is -0.128. The van der Waals surface area contributed by atoms with Crippen LogP contribution in [0.15, 0.2) is 53.4 Å². The first-order valence-electron chi connectivity index (χ1n) is 6.74. The largest absolute Gasteiger partial charge is 0.294 e. The highest BCUT2D eigenvalue weighted by molar-refractivity contribution is 7.92. The third-order valence-electron chi connectivity index (χ3n) is 3.11. The van der Waals surface area contributed by atoms with Crippen molar-refractivity contribution < 1.29 is 18.1 Å². The van der Waals surface area contributed by atoms with Crippen molar-refractivity contribution in [3.05, 3.63) is 64.2 Å². The average molecular weight is 334 g/mol. The molecule has 0 unspecified atom stereocenters. The van der Waals surface area contributed by atoms with Gasteiger partial charge < -0.3 is 0 Å². The van der Waals surface area contributed by atoms with Crippen LogP contribution in [0.5, 0.6) is 0 Å². The smallest absolute Gasteiger partial charge is 0.289 e. The second-order valence-electron chi connectivity index (χ2n) is 4.69. The third kappa shape index (κ3) is 3.72. The normalized spacial score (nSPS) is 11.0. The van der Waals surface area contributed by atoms with Gasteiger partial charge >= 0.3 is 0 Å². The molecule has 0 spiro atoms. The molecule has 0 atom stereocenters. The summed E-state index contributed by atoms with van der Waals surface area (Å²) in [5, 5.41) is 11.0. The highest BCUT2D eigenvalue weighted by Gasteiger charge is 2.25. The Labute approximate surface area is 133 Å². The van der Waals surface area contributed by atoms with Crippen LogP contribution in [-0.4, -0.2) is 19.1 Å². The number of sulfonamides is 1. The SMILES string of the molecule is CCC(=O)c1cccc(NS(=O)(=O)c2ccccc2[N+](=O)[O-])c1. The predicted octanol–water partition coefficient (Wildman–Crippen LogP) is 2.99. The molecular formula is C15H14N2O5S. The molecule has 0 aliphatic rings. The van der Waals surface area contributed by atoms with E-state index in [1.807, 2.05) is 0 Å². The van der Waals surface area contributed by atoms with Gasteiger partial charge in [-0.25, -0.2) is 8.42 Å². The molecule has 2 aromatic rings. The van der Waals surface area contributed by atoms with E-state index in [1.54, 1.807) is 19.1 Å². The van der Waals surface area contributed by atoms with Gasteiger partial charge in [0, 0.05) is 23.7 Å². The first kappa shape index (κ1) is 16.6. The summed E-state index contributed by atoms with van der Waals surface area (Å²) in [6.45, 7) is 1.70. The highest BCUT2D eigenvalue weighted by Crippen LogP contribution is 2.25. The number of benzene rings is 2. The predicted molar refractivity (Wildman–Crippen MR) is 85.0 cm³/mol. The molecule has 8 heteroatoms. The third-order valence-corrected chi connectivity index (χ3v) is 4.54. The second-order valence-corrected chi connectivity index (χ2v) is 6.34. The molecule has 120 valence electrons. The van der Waals surface area contributed by atoms with E-state index in [-0.39, 0.29) is 11.5 Å². The van der Waals surface area contributed by atoms with Crippen molar-refractivity contribution in [2.45, 2.75) is 18.2 Å². The lowest BCUT2D eigenvalue weighted by Crippen LogP contribution is -2.15. The molecule has 2 aromatic carbocycles. The molecule has 0 radical (unpaired) electrons. The number of carbonyl (C=O) groups is 1.